The van der Waals surface area contributed by atoms with Gasteiger partial charge in [0.05, 0.1) is 31.5 Å². The van der Waals surface area contributed by atoms with Crippen LogP contribution in [0.1, 0.15) is 17.4 Å². The molecule has 1 aliphatic heterocycles. The third kappa shape index (κ3) is 3.41. The molecule has 0 saturated carbocycles. The van der Waals surface area contributed by atoms with E-state index in [0.29, 0.717) is 26.1 Å². The summed E-state index contributed by atoms with van der Waals surface area (Å²) in [6.07, 6.45) is 8.52. The summed E-state index contributed by atoms with van der Waals surface area (Å²) < 4.78 is 5.69. The summed E-state index contributed by atoms with van der Waals surface area (Å²) in [4.78, 5) is 26.5. The number of hydrogen-bond acceptors (Lipinski definition) is 5. The van der Waals surface area contributed by atoms with Gasteiger partial charge in [0.1, 0.15) is 6.10 Å². The summed E-state index contributed by atoms with van der Waals surface area (Å²) in [6.45, 7) is 1.63. The van der Waals surface area contributed by atoms with Gasteiger partial charge < -0.3 is 9.64 Å². The van der Waals surface area contributed by atoms with Gasteiger partial charge in [-0.1, -0.05) is 6.07 Å². The molecule has 2 aromatic heterocycles. The summed E-state index contributed by atoms with van der Waals surface area (Å²) in [5, 5.41) is 0. The van der Waals surface area contributed by atoms with Crippen molar-refractivity contribution in [2.75, 3.05) is 19.7 Å². The van der Waals surface area contributed by atoms with E-state index in [0.717, 1.165) is 11.3 Å². The second-order valence-corrected chi connectivity index (χ2v) is 4.87. The quantitative estimate of drug-likeness (QED) is 0.841. The van der Waals surface area contributed by atoms with E-state index in [-0.39, 0.29) is 12.0 Å². The van der Waals surface area contributed by atoms with Crippen LogP contribution in [0.15, 0.2) is 43.1 Å². The van der Waals surface area contributed by atoms with Crippen LogP contribution in [0.25, 0.3) is 0 Å². The number of amides is 1. The molecule has 108 valence electrons. The van der Waals surface area contributed by atoms with Gasteiger partial charge in [0.25, 0.3) is 0 Å². The van der Waals surface area contributed by atoms with Gasteiger partial charge in [-0.3, -0.25) is 19.7 Å². The molecule has 0 bridgehead atoms. The summed E-state index contributed by atoms with van der Waals surface area (Å²) in [5.74, 6) is 0.0835. The zero-order valence-corrected chi connectivity index (χ0v) is 11.6. The van der Waals surface area contributed by atoms with Crippen molar-refractivity contribution in [1.82, 2.24) is 19.9 Å². The Balaban J connectivity index is 1.64. The second-order valence-electron chi connectivity index (χ2n) is 4.87. The van der Waals surface area contributed by atoms with Gasteiger partial charge in [-0.2, -0.15) is 0 Å². The average Bonchev–Trinajstić information content (AvgIpc) is 2.57. The smallest absolute Gasteiger partial charge is 0.227 e. The SMILES string of the molecule is O=C(Cc1cccnc1)N1CCOC(c2cnccn2)C1. The Labute approximate surface area is 122 Å². The van der Waals surface area contributed by atoms with Gasteiger partial charge in [0, 0.05) is 31.3 Å². The lowest BCUT2D eigenvalue weighted by Gasteiger charge is -2.32. The van der Waals surface area contributed by atoms with Crippen molar-refractivity contribution < 1.29 is 9.53 Å². The number of nitrogens with zero attached hydrogens (tertiary/aromatic N) is 4. The maximum absolute atomic E-state index is 12.4. The van der Waals surface area contributed by atoms with E-state index in [1.165, 1.54) is 0 Å². The Kier molecular flexibility index (Phi) is 4.16. The highest BCUT2D eigenvalue weighted by atomic mass is 16.5. The predicted octanol–water partition coefficient (Wildman–Crippen LogP) is 1.01. The van der Waals surface area contributed by atoms with Gasteiger partial charge >= 0.3 is 0 Å². The number of carbonyl (C=O) groups is 1. The lowest BCUT2D eigenvalue weighted by Crippen LogP contribution is -2.43. The lowest BCUT2D eigenvalue weighted by atomic mass is 10.1. The van der Waals surface area contributed by atoms with E-state index < -0.39 is 0 Å². The fourth-order valence-electron chi connectivity index (χ4n) is 2.32. The lowest BCUT2D eigenvalue weighted by molar-refractivity contribution is -0.138. The molecule has 3 heterocycles. The molecule has 1 amide bonds. The summed E-state index contributed by atoms with van der Waals surface area (Å²) in [6, 6.07) is 3.75. The van der Waals surface area contributed by atoms with Crippen LogP contribution in [-0.4, -0.2) is 45.5 Å². The van der Waals surface area contributed by atoms with Crippen molar-refractivity contribution in [2.24, 2.45) is 0 Å². The highest BCUT2D eigenvalue weighted by Crippen LogP contribution is 2.20. The number of aromatic nitrogens is 3. The van der Waals surface area contributed by atoms with E-state index in [9.17, 15) is 4.79 Å². The van der Waals surface area contributed by atoms with Crippen molar-refractivity contribution >= 4 is 5.91 Å². The highest BCUT2D eigenvalue weighted by Gasteiger charge is 2.26. The molecule has 1 aliphatic rings. The van der Waals surface area contributed by atoms with E-state index in [1.54, 1.807) is 31.0 Å². The van der Waals surface area contributed by atoms with Crippen molar-refractivity contribution in [3.63, 3.8) is 0 Å². The molecule has 21 heavy (non-hydrogen) atoms. The number of morpholine rings is 1. The number of rotatable bonds is 3. The number of hydrogen-bond donors (Lipinski definition) is 0. The zero-order valence-electron chi connectivity index (χ0n) is 11.6. The Morgan fingerprint density at radius 3 is 2.95 bits per heavy atom. The monoisotopic (exact) mass is 284 g/mol. The van der Waals surface area contributed by atoms with Gasteiger partial charge in [0.15, 0.2) is 0 Å². The van der Waals surface area contributed by atoms with Crippen molar-refractivity contribution in [2.45, 2.75) is 12.5 Å². The number of ether oxygens (including phenoxy) is 1. The summed E-state index contributed by atoms with van der Waals surface area (Å²) in [5.41, 5.74) is 1.68. The minimum Gasteiger partial charge on any atom is -0.368 e. The molecule has 1 fully saturated rings. The largest absolute Gasteiger partial charge is 0.368 e. The molecule has 3 rings (SSSR count). The minimum atomic E-state index is -0.203. The Hall–Kier alpha value is -2.34. The van der Waals surface area contributed by atoms with Crippen LogP contribution in [0.2, 0.25) is 0 Å². The van der Waals surface area contributed by atoms with E-state index in [1.807, 2.05) is 17.0 Å². The second kappa shape index (κ2) is 6.41. The van der Waals surface area contributed by atoms with Crippen LogP contribution in [-0.2, 0) is 16.0 Å². The first-order chi connectivity index (χ1) is 10.3. The van der Waals surface area contributed by atoms with Crippen LogP contribution >= 0.6 is 0 Å². The molecule has 1 unspecified atom stereocenters. The first-order valence-corrected chi connectivity index (χ1v) is 6.87. The fraction of sp³-hybridized carbons (Fsp3) is 0.333. The number of pyridine rings is 1. The van der Waals surface area contributed by atoms with Crippen LogP contribution in [0.3, 0.4) is 0 Å². The van der Waals surface area contributed by atoms with E-state index in [2.05, 4.69) is 15.0 Å². The first-order valence-electron chi connectivity index (χ1n) is 6.87. The van der Waals surface area contributed by atoms with Crippen molar-refractivity contribution in [3.8, 4) is 0 Å². The normalized spacial score (nSPS) is 18.5. The minimum absolute atomic E-state index is 0.0835. The Bertz CT molecular complexity index is 591. The molecule has 0 N–H and O–H groups in total. The topological polar surface area (TPSA) is 68.2 Å². The van der Waals surface area contributed by atoms with Crippen LogP contribution in [0.5, 0.6) is 0 Å². The molecule has 0 spiro atoms. The predicted molar refractivity (Wildman–Crippen MR) is 75.2 cm³/mol. The third-order valence-corrected chi connectivity index (χ3v) is 3.41. The van der Waals surface area contributed by atoms with E-state index >= 15 is 0 Å². The maximum atomic E-state index is 12.4. The summed E-state index contributed by atoms with van der Waals surface area (Å²) >= 11 is 0. The Morgan fingerprint density at radius 2 is 2.19 bits per heavy atom. The molecule has 1 saturated heterocycles. The highest BCUT2D eigenvalue weighted by molar-refractivity contribution is 5.78. The van der Waals surface area contributed by atoms with Crippen LogP contribution in [0.4, 0.5) is 0 Å². The molecule has 0 aromatic carbocycles. The molecular weight excluding hydrogens is 268 g/mol. The number of carbonyl (C=O) groups excluding carboxylic acids is 1. The average molecular weight is 284 g/mol. The molecule has 6 heteroatoms. The van der Waals surface area contributed by atoms with Crippen LogP contribution < -0.4 is 0 Å². The molecule has 6 nitrogen and oxygen atoms in total. The van der Waals surface area contributed by atoms with Gasteiger partial charge in [-0.15, -0.1) is 0 Å². The fourth-order valence-corrected chi connectivity index (χ4v) is 2.32. The molecule has 2 aromatic rings. The Morgan fingerprint density at radius 1 is 1.29 bits per heavy atom. The van der Waals surface area contributed by atoms with Crippen LogP contribution in [0, 0.1) is 0 Å². The van der Waals surface area contributed by atoms with Gasteiger partial charge in [-0.25, -0.2) is 0 Å². The summed E-state index contributed by atoms with van der Waals surface area (Å²) in [7, 11) is 0. The van der Waals surface area contributed by atoms with Gasteiger partial charge in [0.2, 0.25) is 5.91 Å². The van der Waals surface area contributed by atoms with Crippen molar-refractivity contribution in [3.05, 3.63) is 54.4 Å². The third-order valence-electron chi connectivity index (χ3n) is 3.41. The zero-order chi connectivity index (χ0) is 14.5. The molecule has 0 aliphatic carbocycles. The molecule has 0 radical (unpaired) electrons. The van der Waals surface area contributed by atoms with Crippen molar-refractivity contribution in [1.29, 1.82) is 0 Å². The molecular formula is C15H16N4O2. The maximum Gasteiger partial charge on any atom is 0.227 e. The standard InChI is InChI=1S/C15H16N4O2/c20-15(8-12-2-1-3-16-9-12)19-6-7-21-14(11-19)13-10-17-4-5-18-13/h1-5,9-10,14H,6-8,11H2. The first kappa shape index (κ1) is 13.6. The van der Waals surface area contributed by atoms with Gasteiger partial charge in [-0.05, 0) is 11.6 Å². The molecule has 1 atom stereocenters. The van der Waals surface area contributed by atoms with E-state index in [4.69, 9.17) is 4.74 Å².